The number of carbonyl (C=O) groups excluding carboxylic acids is 1. The highest BCUT2D eigenvalue weighted by Crippen LogP contribution is 2.27. The van der Waals surface area contributed by atoms with Gasteiger partial charge in [-0.2, -0.15) is 4.68 Å². The van der Waals surface area contributed by atoms with Crippen LogP contribution in [0.4, 0.5) is 5.69 Å². The van der Waals surface area contributed by atoms with Crippen LogP contribution in [-0.2, 0) is 6.54 Å². The normalized spacial score (nSPS) is 10.4. The van der Waals surface area contributed by atoms with Crippen molar-refractivity contribution in [3.63, 3.8) is 0 Å². The summed E-state index contributed by atoms with van der Waals surface area (Å²) >= 11 is 3.35. The molecule has 138 valence electrons. The van der Waals surface area contributed by atoms with Crippen molar-refractivity contribution in [3.05, 3.63) is 68.4 Å². The predicted octanol–water partition coefficient (Wildman–Crippen LogP) is 2.27. The smallest absolute Gasteiger partial charge is 0.311 e. The van der Waals surface area contributed by atoms with E-state index in [0.717, 1.165) is 16.2 Å². The number of benzene rings is 2. The molecule has 2 aromatic carbocycles. The lowest BCUT2D eigenvalue weighted by atomic mass is 10.1. The molecule has 0 bridgehead atoms. The first-order chi connectivity index (χ1) is 13.0. The zero-order valence-corrected chi connectivity index (χ0v) is 15.6. The summed E-state index contributed by atoms with van der Waals surface area (Å²) in [6.45, 7) is 0.0434. The summed E-state index contributed by atoms with van der Waals surface area (Å²) in [5.74, 6) is -0.00414. The lowest BCUT2D eigenvalue weighted by molar-refractivity contribution is -0.385. The summed E-state index contributed by atoms with van der Waals surface area (Å²) in [6, 6.07) is 11.3. The number of ether oxygens (including phenoxy) is 1. The highest BCUT2D eigenvalue weighted by atomic mass is 79.9. The summed E-state index contributed by atoms with van der Waals surface area (Å²) in [4.78, 5) is 22.8. The van der Waals surface area contributed by atoms with Gasteiger partial charge in [0, 0.05) is 16.1 Å². The second kappa shape index (κ2) is 7.91. The fourth-order valence-electron chi connectivity index (χ4n) is 2.33. The van der Waals surface area contributed by atoms with Crippen LogP contribution in [0.5, 0.6) is 5.75 Å². The average molecular weight is 433 g/mol. The zero-order chi connectivity index (χ0) is 19.4. The molecule has 0 radical (unpaired) electrons. The fraction of sp³-hybridized carbons (Fsp3) is 0.125. The van der Waals surface area contributed by atoms with Crippen LogP contribution >= 0.6 is 15.9 Å². The van der Waals surface area contributed by atoms with Crippen molar-refractivity contribution in [2.75, 3.05) is 7.11 Å². The Morgan fingerprint density at radius 3 is 2.70 bits per heavy atom. The monoisotopic (exact) mass is 432 g/mol. The number of nitrogens with one attached hydrogen (secondary N) is 1. The second-order valence-corrected chi connectivity index (χ2v) is 6.23. The third-order valence-electron chi connectivity index (χ3n) is 3.65. The van der Waals surface area contributed by atoms with Gasteiger partial charge in [0.05, 0.1) is 24.3 Å². The van der Waals surface area contributed by atoms with E-state index in [2.05, 4.69) is 36.8 Å². The fourth-order valence-corrected chi connectivity index (χ4v) is 2.60. The average Bonchev–Trinajstić information content (AvgIpc) is 3.14. The Hall–Kier alpha value is -3.34. The molecule has 0 unspecified atom stereocenters. The molecule has 27 heavy (non-hydrogen) atoms. The summed E-state index contributed by atoms with van der Waals surface area (Å²) in [5.41, 5.74) is 0.572. The first kappa shape index (κ1) is 18.5. The highest BCUT2D eigenvalue weighted by molar-refractivity contribution is 9.10. The number of tetrazole rings is 1. The van der Waals surface area contributed by atoms with E-state index in [1.807, 2.05) is 24.3 Å². The Labute approximate surface area is 161 Å². The van der Waals surface area contributed by atoms with Gasteiger partial charge < -0.3 is 10.1 Å². The predicted molar refractivity (Wildman–Crippen MR) is 97.7 cm³/mol. The van der Waals surface area contributed by atoms with Crippen LogP contribution in [0, 0.1) is 10.1 Å². The van der Waals surface area contributed by atoms with Gasteiger partial charge in [-0.15, -0.1) is 5.10 Å². The number of methoxy groups -OCH3 is 1. The molecule has 1 heterocycles. The molecule has 1 amide bonds. The molecule has 1 aromatic heterocycles. The number of nitrogens with zero attached hydrogens (tertiary/aromatic N) is 5. The van der Waals surface area contributed by atoms with Crippen LogP contribution in [-0.4, -0.2) is 38.1 Å². The summed E-state index contributed by atoms with van der Waals surface area (Å²) in [6.07, 6.45) is 0. The Kier molecular flexibility index (Phi) is 5.41. The van der Waals surface area contributed by atoms with Gasteiger partial charge in [0.25, 0.3) is 5.91 Å². The maximum absolute atomic E-state index is 12.3. The van der Waals surface area contributed by atoms with Crippen molar-refractivity contribution < 1.29 is 14.5 Å². The maximum Gasteiger partial charge on any atom is 0.311 e. The Morgan fingerprint density at radius 2 is 2.04 bits per heavy atom. The second-order valence-electron chi connectivity index (χ2n) is 5.31. The van der Waals surface area contributed by atoms with Crippen LogP contribution in [0.3, 0.4) is 0 Å². The van der Waals surface area contributed by atoms with Gasteiger partial charge in [-0.1, -0.05) is 15.9 Å². The van der Waals surface area contributed by atoms with Crippen molar-refractivity contribution in [2.24, 2.45) is 0 Å². The van der Waals surface area contributed by atoms with Crippen molar-refractivity contribution in [3.8, 4) is 11.4 Å². The van der Waals surface area contributed by atoms with Crippen LogP contribution in [0.25, 0.3) is 5.69 Å². The van der Waals surface area contributed by atoms with E-state index in [-0.39, 0.29) is 23.5 Å². The summed E-state index contributed by atoms with van der Waals surface area (Å²) < 4.78 is 7.33. The van der Waals surface area contributed by atoms with E-state index in [9.17, 15) is 14.9 Å². The minimum absolute atomic E-state index is 0.0434. The van der Waals surface area contributed by atoms with Crippen LogP contribution in [0.2, 0.25) is 0 Å². The molecule has 0 aliphatic carbocycles. The third kappa shape index (κ3) is 4.08. The molecule has 0 fully saturated rings. The van der Waals surface area contributed by atoms with Gasteiger partial charge in [0.15, 0.2) is 11.6 Å². The molecule has 1 N–H and O–H groups in total. The van der Waals surface area contributed by atoms with E-state index in [1.54, 1.807) is 0 Å². The zero-order valence-electron chi connectivity index (χ0n) is 14.0. The Bertz CT molecular complexity index is 989. The summed E-state index contributed by atoms with van der Waals surface area (Å²) in [7, 11) is 1.32. The van der Waals surface area contributed by atoms with E-state index in [4.69, 9.17) is 4.74 Å². The maximum atomic E-state index is 12.3. The number of halogens is 1. The molecule has 0 spiro atoms. The van der Waals surface area contributed by atoms with E-state index < -0.39 is 10.8 Å². The Balaban J connectivity index is 1.75. The van der Waals surface area contributed by atoms with Crippen molar-refractivity contribution in [2.45, 2.75) is 6.54 Å². The number of nitro groups is 1. The van der Waals surface area contributed by atoms with Gasteiger partial charge >= 0.3 is 5.69 Å². The first-order valence-corrected chi connectivity index (χ1v) is 8.42. The lowest BCUT2D eigenvalue weighted by Gasteiger charge is -2.07. The van der Waals surface area contributed by atoms with Crippen molar-refractivity contribution in [1.82, 2.24) is 25.5 Å². The number of amides is 1. The number of nitro benzene ring substituents is 1. The highest BCUT2D eigenvalue weighted by Gasteiger charge is 2.18. The minimum Gasteiger partial charge on any atom is -0.490 e. The molecule has 0 saturated heterocycles. The number of hydrogen-bond acceptors (Lipinski definition) is 7. The molecule has 0 saturated carbocycles. The topological polar surface area (TPSA) is 125 Å². The van der Waals surface area contributed by atoms with Crippen LogP contribution < -0.4 is 10.1 Å². The third-order valence-corrected chi connectivity index (χ3v) is 4.18. The Morgan fingerprint density at radius 1 is 1.30 bits per heavy atom. The van der Waals surface area contributed by atoms with Crippen molar-refractivity contribution >= 4 is 27.5 Å². The van der Waals surface area contributed by atoms with Gasteiger partial charge in [0.1, 0.15) is 0 Å². The number of aromatic nitrogens is 4. The molecular weight excluding hydrogens is 420 g/mol. The molecule has 11 heteroatoms. The summed E-state index contributed by atoms with van der Waals surface area (Å²) in [5, 5.41) is 25.2. The van der Waals surface area contributed by atoms with Crippen LogP contribution in [0.1, 0.15) is 16.2 Å². The quantitative estimate of drug-likeness (QED) is 0.467. The van der Waals surface area contributed by atoms with E-state index in [0.29, 0.717) is 5.82 Å². The molecule has 0 atom stereocenters. The van der Waals surface area contributed by atoms with Gasteiger partial charge in [0.2, 0.25) is 0 Å². The largest absolute Gasteiger partial charge is 0.490 e. The minimum atomic E-state index is -0.607. The molecule has 3 rings (SSSR count). The van der Waals surface area contributed by atoms with E-state index in [1.165, 1.54) is 23.9 Å². The standard InChI is InChI=1S/C16H13BrN6O4/c1-27-14-7-2-10(8-13(14)23(25)26)16(24)18-9-15-19-20-21-22(15)12-5-3-11(17)4-6-12/h2-8H,9H2,1H3,(H,18,24). The SMILES string of the molecule is COc1ccc(C(=O)NCc2nnnn2-c2ccc(Br)cc2)cc1[N+](=O)[O-]. The first-order valence-electron chi connectivity index (χ1n) is 7.63. The number of hydrogen-bond donors (Lipinski definition) is 1. The van der Waals surface area contributed by atoms with Gasteiger partial charge in [-0.3, -0.25) is 14.9 Å². The van der Waals surface area contributed by atoms with Gasteiger partial charge in [-0.05, 0) is 46.8 Å². The van der Waals surface area contributed by atoms with Gasteiger partial charge in [-0.25, -0.2) is 0 Å². The van der Waals surface area contributed by atoms with Crippen molar-refractivity contribution in [1.29, 1.82) is 0 Å². The van der Waals surface area contributed by atoms with Crippen LogP contribution in [0.15, 0.2) is 46.9 Å². The molecule has 0 aliphatic rings. The number of rotatable bonds is 6. The molecule has 10 nitrogen and oxygen atoms in total. The molecule has 3 aromatic rings. The molecular formula is C16H13BrN6O4. The van der Waals surface area contributed by atoms with E-state index >= 15 is 0 Å². The lowest BCUT2D eigenvalue weighted by Crippen LogP contribution is -2.24. The number of carbonyl (C=O) groups is 1. The molecule has 0 aliphatic heterocycles.